The highest BCUT2D eigenvalue weighted by Gasteiger charge is 2.22. The molecule has 7 nitrogen and oxygen atoms in total. The molecule has 0 aliphatic heterocycles. The molecule has 0 unspecified atom stereocenters. The van der Waals surface area contributed by atoms with E-state index in [0.29, 0.717) is 4.88 Å². The van der Waals surface area contributed by atoms with Crippen molar-refractivity contribution in [2.75, 3.05) is 0 Å². The summed E-state index contributed by atoms with van der Waals surface area (Å²) in [6.07, 6.45) is 0.804. The number of carbonyl (C=O) groups excluding carboxylic acids is 2. The van der Waals surface area contributed by atoms with Gasteiger partial charge < -0.3 is 0 Å². The molecule has 1 atom stereocenters. The van der Waals surface area contributed by atoms with Gasteiger partial charge in [0, 0.05) is 4.88 Å². The van der Waals surface area contributed by atoms with Gasteiger partial charge in [-0.1, -0.05) is 6.92 Å². The molecule has 2 rings (SSSR count). The van der Waals surface area contributed by atoms with Crippen LogP contribution >= 0.6 is 11.3 Å². The molecule has 27 heavy (non-hydrogen) atoms. The van der Waals surface area contributed by atoms with E-state index in [4.69, 9.17) is 0 Å². The quantitative estimate of drug-likeness (QED) is 0.629. The van der Waals surface area contributed by atoms with Crippen molar-refractivity contribution in [3.8, 4) is 0 Å². The van der Waals surface area contributed by atoms with Gasteiger partial charge >= 0.3 is 0 Å². The van der Waals surface area contributed by atoms with E-state index in [-0.39, 0.29) is 4.90 Å². The fourth-order valence-electron chi connectivity index (χ4n) is 2.24. The molecule has 0 bridgehead atoms. The Labute approximate surface area is 161 Å². The molecule has 10 heteroatoms. The molecule has 1 aromatic carbocycles. The van der Waals surface area contributed by atoms with E-state index >= 15 is 0 Å². The summed E-state index contributed by atoms with van der Waals surface area (Å²) < 4.78 is 39.5. The molecule has 0 fully saturated rings. The summed E-state index contributed by atoms with van der Waals surface area (Å²) >= 11 is 1.33. The number of halogens is 1. The SMILES string of the molecule is CCc1sc(C(=O)NNC(=O)[C@H](C)NS(=O)(=O)c2ccc(F)cc2)cc1C. The van der Waals surface area contributed by atoms with E-state index in [1.807, 2.05) is 13.8 Å². The van der Waals surface area contributed by atoms with Crippen molar-refractivity contribution >= 4 is 33.2 Å². The maximum atomic E-state index is 12.9. The molecular formula is C17H20FN3O4S2. The van der Waals surface area contributed by atoms with Crippen LogP contribution in [0.2, 0.25) is 0 Å². The van der Waals surface area contributed by atoms with Crippen molar-refractivity contribution in [1.29, 1.82) is 0 Å². The van der Waals surface area contributed by atoms with Crippen LogP contribution in [0.4, 0.5) is 4.39 Å². The smallest absolute Gasteiger partial charge is 0.271 e. The molecule has 3 N–H and O–H groups in total. The van der Waals surface area contributed by atoms with Crippen molar-refractivity contribution in [2.45, 2.75) is 38.1 Å². The summed E-state index contributed by atoms with van der Waals surface area (Å²) in [6, 6.07) is 4.77. The van der Waals surface area contributed by atoms with Crippen molar-refractivity contribution in [3.05, 3.63) is 51.5 Å². The zero-order chi connectivity index (χ0) is 20.2. The molecule has 2 aromatic rings. The second kappa shape index (κ2) is 8.59. The van der Waals surface area contributed by atoms with Gasteiger partial charge in [-0.2, -0.15) is 4.72 Å². The van der Waals surface area contributed by atoms with Crippen LogP contribution in [0.15, 0.2) is 35.2 Å². The number of nitrogens with one attached hydrogen (secondary N) is 3. The fourth-order valence-corrected chi connectivity index (χ4v) is 4.45. The lowest BCUT2D eigenvalue weighted by Crippen LogP contribution is -2.50. The Balaban J connectivity index is 1.94. The lowest BCUT2D eigenvalue weighted by atomic mass is 10.2. The lowest BCUT2D eigenvalue weighted by molar-refractivity contribution is -0.123. The zero-order valence-electron chi connectivity index (χ0n) is 15.0. The highest BCUT2D eigenvalue weighted by molar-refractivity contribution is 7.89. The molecule has 0 saturated carbocycles. The van der Waals surface area contributed by atoms with E-state index in [2.05, 4.69) is 15.6 Å². The van der Waals surface area contributed by atoms with Crippen molar-refractivity contribution in [3.63, 3.8) is 0 Å². The van der Waals surface area contributed by atoms with E-state index < -0.39 is 33.7 Å². The molecule has 146 valence electrons. The predicted molar refractivity (Wildman–Crippen MR) is 100 cm³/mol. The third-order valence-electron chi connectivity index (χ3n) is 3.71. The normalized spacial score (nSPS) is 12.4. The van der Waals surface area contributed by atoms with Crippen LogP contribution in [0.25, 0.3) is 0 Å². The van der Waals surface area contributed by atoms with Gasteiger partial charge in [0.15, 0.2) is 0 Å². The average molecular weight is 413 g/mol. The standard InChI is InChI=1S/C17H20FN3O4S2/c1-4-14-10(2)9-15(26-14)17(23)20-19-16(22)11(3)21-27(24,25)13-7-5-12(18)6-8-13/h5-9,11,21H,4H2,1-3H3,(H,19,22)(H,20,23)/t11-/m0/s1. The van der Waals surface area contributed by atoms with Crippen LogP contribution in [0.1, 0.15) is 34.0 Å². The Morgan fingerprint density at radius 3 is 2.37 bits per heavy atom. The second-order valence-electron chi connectivity index (χ2n) is 5.81. The first-order valence-corrected chi connectivity index (χ1v) is 10.4. The van der Waals surface area contributed by atoms with Gasteiger partial charge in [0.1, 0.15) is 5.82 Å². The molecule has 2 amide bonds. The third kappa shape index (κ3) is 5.34. The highest BCUT2D eigenvalue weighted by atomic mass is 32.2. The first-order chi connectivity index (χ1) is 12.6. The summed E-state index contributed by atoms with van der Waals surface area (Å²) in [5.74, 6) is -1.79. The Morgan fingerprint density at radius 1 is 1.19 bits per heavy atom. The van der Waals surface area contributed by atoms with E-state index in [9.17, 15) is 22.4 Å². The molecule has 0 saturated heterocycles. The summed E-state index contributed by atoms with van der Waals surface area (Å²) in [6.45, 7) is 5.21. The lowest BCUT2D eigenvalue weighted by Gasteiger charge is -2.14. The van der Waals surface area contributed by atoms with Gasteiger partial charge in [-0.05, 0) is 56.2 Å². The molecule has 1 heterocycles. The minimum atomic E-state index is -4.01. The van der Waals surface area contributed by atoms with Crippen molar-refractivity contribution < 1.29 is 22.4 Å². The van der Waals surface area contributed by atoms with Crippen molar-refractivity contribution in [1.82, 2.24) is 15.6 Å². The summed E-state index contributed by atoms with van der Waals surface area (Å²) in [5.41, 5.74) is 5.46. The van der Waals surface area contributed by atoms with Crippen LogP contribution in [0.3, 0.4) is 0 Å². The van der Waals surface area contributed by atoms with Crippen LogP contribution in [-0.4, -0.2) is 26.3 Å². The maximum absolute atomic E-state index is 12.9. The van der Waals surface area contributed by atoms with Crippen LogP contribution < -0.4 is 15.6 Å². The van der Waals surface area contributed by atoms with E-state index in [1.165, 1.54) is 18.3 Å². The van der Waals surface area contributed by atoms with Gasteiger partial charge in [-0.25, -0.2) is 12.8 Å². The minimum Gasteiger partial charge on any atom is -0.271 e. The average Bonchev–Trinajstić information content (AvgIpc) is 3.00. The number of rotatable bonds is 6. The summed E-state index contributed by atoms with van der Waals surface area (Å²) in [4.78, 5) is 25.5. The van der Waals surface area contributed by atoms with Gasteiger partial charge in [0.25, 0.3) is 11.8 Å². The van der Waals surface area contributed by atoms with Crippen molar-refractivity contribution in [2.24, 2.45) is 0 Å². The number of amides is 2. The highest BCUT2D eigenvalue weighted by Crippen LogP contribution is 2.22. The number of hydrazine groups is 1. The Hall–Kier alpha value is -2.30. The first-order valence-electron chi connectivity index (χ1n) is 8.11. The maximum Gasteiger partial charge on any atom is 0.279 e. The zero-order valence-corrected chi connectivity index (χ0v) is 16.6. The second-order valence-corrected chi connectivity index (χ2v) is 8.66. The van der Waals surface area contributed by atoms with Gasteiger partial charge in [-0.3, -0.25) is 20.4 Å². The summed E-state index contributed by atoms with van der Waals surface area (Å²) in [5, 5.41) is 0. The van der Waals surface area contributed by atoms with Crippen LogP contribution in [0.5, 0.6) is 0 Å². The van der Waals surface area contributed by atoms with Crippen LogP contribution in [-0.2, 0) is 21.2 Å². The number of hydrogen-bond acceptors (Lipinski definition) is 5. The molecule has 0 aliphatic rings. The topological polar surface area (TPSA) is 104 Å². The van der Waals surface area contributed by atoms with Gasteiger partial charge in [-0.15, -0.1) is 11.3 Å². The number of hydrogen-bond donors (Lipinski definition) is 3. The molecule has 1 aromatic heterocycles. The first kappa shape index (κ1) is 21.0. The van der Waals surface area contributed by atoms with Gasteiger partial charge in [0.05, 0.1) is 15.8 Å². The minimum absolute atomic E-state index is 0.172. The Bertz CT molecular complexity index is 940. The number of sulfonamides is 1. The summed E-state index contributed by atoms with van der Waals surface area (Å²) in [7, 11) is -4.01. The number of carbonyl (C=O) groups is 2. The Morgan fingerprint density at radius 2 is 1.81 bits per heavy atom. The molecule has 0 spiro atoms. The largest absolute Gasteiger partial charge is 0.279 e. The van der Waals surface area contributed by atoms with E-state index in [1.54, 1.807) is 6.07 Å². The van der Waals surface area contributed by atoms with Crippen LogP contribution in [0, 0.1) is 12.7 Å². The molecule has 0 aliphatic carbocycles. The number of benzene rings is 1. The third-order valence-corrected chi connectivity index (χ3v) is 6.65. The van der Waals surface area contributed by atoms with E-state index in [0.717, 1.165) is 41.1 Å². The number of aryl methyl sites for hydroxylation is 2. The Kier molecular flexibility index (Phi) is 6.68. The monoisotopic (exact) mass is 413 g/mol. The van der Waals surface area contributed by atoms with Gasteiger partial charge in [0.2, 0.25) is 10.0 Å². The molecule has 0 radical (unpaired) electrons. The number of thiophene rings is 1. The molecular weight excluding hydrogens is 393 g/mol. The fraction of sp³-hybridized carbons (Fsp3) is 0.294. The predicted octanol–water partition coefficient (Wildman–Crippen LogP) is 1.89.